The lowest BCUT2D eigenvalue weighted by Crippen LogP contribution is -2.01. The average molecular weight is 251 g/mol. The fourth-order valence-electron chi connectivity index (χ4n) is 1.07. The lowest BCUT2D eigenvalue weighted by atomic mass is 10.0. The Balaban J connectivity index is 2.84. The maximum absolute atomic E-state index is 11.7. The van der Waals surface area contributed by atoms with Gasteiger partial charge in [-0.2, -0.15) is 0 Å². The van der Waals surface area contributed by atoms with Crippen LogP contribution in [0.15, 0.2) is 53.5 Å². The van der Waals surface area contributed by atoms with E-state index in [1.54, 1.807) is 18.2 Å². The van der Waals surface area contributed by atoms with Gasteiger partial charge in [0.05, 0.1) is 0 Å². The fourth-order valence-corrected chi connectivity index (χ4v) is 1.34. The van der Waals surface area contributed by atoms with E-state index in [0.29, 0.717) is 17.6 Å². The van der Waals surface area contributed by atoms with Crippen LogP contribution in [0.2, 0.25) is 0 Å². The lowest BCUT2D eigenvalue weighted by molar-refractivity contribution is 0.103. The molecular weight excluding hydrogens is 240 g/mol. The molecule has 0 saturated heterocycles. The first-order valence-corrected chi connectivity index (χ1v) is 5.03. The highest BCUT2D eigenvalue weighted by atomic mass is 79.9. The van der Waals surface area contributed by atoms with Gasteiger partial charge in [-0.25, -0.2) is 0 Å². The van der Waals surface area contributed by atoms with E-state index in [1.807, 2.05) is 12.1 Å². The number of hydrogen-bond acceptors (Lipinski definition) is 1. The number of benzene rings is 1. The van der Waals surface area contributed by atoms with Crippen LogP contribution in [-0.4, -0.2) is 5.78 Å². The molecule has 1 aromatic carbocycles. The van der Waals surface area contributed by atoms with E-state index in [-0.39, 0.29) is 5.78 Å². The molecule has 2 heteroatoms. The van der Waals surface area contributed by atoms with Crippen LogP contribution in [0, 0.1) is 0 Å². The Morgan fingerprint density at radius 2 is 1.93 bits per heavy atom. The van der Waals surface area contributed by atoms with Gasteiger partial charge in [0.25, 0.3) is 0 Å². The molecule has 0 heterocycles. The number of hydrogen-bond donors (Lipinski definition) is 0. The number of ketones is 1. The average Bonchev–Trinajstić information content (AvgIpc) is 2.18. The van der Waals surface area contributed by atoms with E-state index in [9.17, 15) is 4.79 Å². The van der Waals surface area contributed by atoms with Gasteiger partial charge in [-0.15, -0.1) is 6.58 Å². The minimum absolute atomic E-state index is 0.0163. The molecule has 1 rings (SSSR count). The standard InChI is InChI=1S/C12H11BrO/c1-3-4-9(2)12(14)10-5-7-11(13)8-6-10/h3,5-8H,1-2,4H2. The molecule has 0 N–H and O–H groups in total. The van der Waals surface area contributed by atoms with Gasteiger partial charge in [0.15, 0.2) is 5.78 Å². The molecule has 72 valence electrons. The second-order valence-electron chi connectivity index (χ2n) is 2.93. The van der Waals surface area contributed by atoms with Crippen LogP contribution < -0.4 is 0 Å². The molecule has 0 unspecified atom stereocenters. The van der Waals surface area contributed by atoms with E-state index in [1.165, 1.54) is 0 Å². The van der Waals surface area contributed by atoms with E-state index in [2.05, 4.69) is 29.1 Å². The Labute approximate surface area is 92.3 Å². The number of halogens is 1. The molecule has 0 radical (unpaired) electrons. The molecule has 0 fully saturated rings. The molecule has 0 atom stereocenters. The molecule has 0 amide bonds. The van der Waals surface area contributed by atoms with Gasteiger partial charge in [0, 0.05) is 10.0 Å². The number of allylic oxidation sites excluding steroid dienone is 2. The summed E-state index contributed by atoms with van der Waals surface area (Å²) in [5.41, 5.74) is 1.24. The van der Waals surface area contributed by atoms with Crippen molar-refractivity contribution in [2.75, 3.05) is 0 Å². The molecule has 0 aromatic heterocycles. The van der Waals surface area contributed by atoms with E-state index >= 15 is 0 Å². The van der Waals surface area contributed by atoms with Crippen molar-refractivity contribution < 1.29 is 4.79 Å². The van der Waals surface area contributed by atoms with Gasteiger partial charge >= 0.3 is 0 Å². The van der Waals surface area contributed by atoms with Crippen molar-refractivity contribution in [3.63, 3.8) is 0 Å². The van der Waals surface area contributed by atoms with Crippen LogP contribution in [0.1, 0.15) is 16.8 Å². The van der Waals surface area contributed by atoms with Gasteiger partial charge in [-0.1, -0.05) is 28.6 Å². The van der Waals surface area contributed by atoms with Crippen molar-refractivity contribution in [1.82, 2.24) is 0 Å². The Morgan fingerprint density at radius 3 is 2.43 bits per heavy atom. The third kappa shape index (κ3) is 2.67. The molecule has 0 aliphatic heterocycles. The minimum atomic E-state index is -0.0163. The highest BCUT2D eigenvalue weighted by molar-refractivity contribution is 9.10. The smallest absolute Gasteiger partial charge is 0.188 e. The third-order valence-electron chi connectivity index (χ3n) is 1.82. The van der Waals surface area contributed by atoms with Crippen molar-refractivity contribution >= 4 is 21.7 Å². The molecule has 0 saturated carbocycles. The first-order valence-electron chi connectivity index (χ1n) is 4.24. The minimum Gasteiger partial charge on any atom is -0.289 e. The number of carbonyl (C=O) groups excluding carboxylic acids is 1. The maximum Gasteiger partial charge on any atom is 0.188 e. The van der Waals surface area contributed by atoms with Crippen LogP contribution in [0.5, 0.6) is 0 Å². The first kappa shape index (κ1) is 10.9. The number of carbonyl (C=O) groups is 1. The molecule has 0 spiro atoms. The van der Waals surface area contributed by atoms with Crippen LogP contribution in [0.4, 0.5) is 0 Å². The Bertz CT molecular complexity index is 362. The van der Waals surface area contributed by atoms with Gasteiger partial charge < -0.3 is 0 Å². The maximum atomic E-state index is 11.7. The van der Waals surface area contributed by atoms with Crippen LogP contribution in [0.3, 0.4) is 0 Å². The summed E-state index contributed by atoms with van der Waals surface area (Å²) in [7, 11) is 0. The highest BCUT2D eigenvalue weighted by Gasteiger charge is 2.07. The molecule has 1 nitrogen and oxygen atoms in total. The van der Waals surface area contributed by atoms with Crippen LogP contribution in [-0.2, 0) is 0 Å². The highest BCUT2D eigenvalue weighted by Crippen LogP contribution is 2.14. The molecule has 0 bridgehead atoms. The first-order chi connectivity index (χ1) is 6.65. The SMILES string of the molecule is C=CCC(=C)C(=O)c1ccc(Br)cc1. The summed E-state index contributed by atoms with van der Waals surface area (Å²) in [5.74, 6) is -0.0163. The Kier molecular flexibility index (Phi) is 3.84. The summed E-state index contributed by atoms with van der Waals surface area (Å²) in [5, 5.41) is 0. The second-order valence-corrected chi connectivity index (χ2v) is 3.85. The predicted octanol–water partition coefficient (Wildman–Crippen LogP) is 3.76. The summed E-state index contributed by atoms with van der Waals surface area (Å²) in [6.07, 6.45) is 2.22. The predicted molar refractivity (Wildman–Crippen MR) is 62.4 cm³/mol. The van der Waals surface area contributed by atoms with Gasteiger partial charge in [-0.05, 0) is 36.3 Å². The Morgan fingerprint density at radius 1 is 1.36 bits per heavy atom. The van der Waals surface area contributed by atoms with Crippen LogP contribution >= 0.6 is 15.9 Å². The molecule has 0 aliphatic carbocycles. The molecule has 0 aliphatic rings. The Hall–Kier alpha value is -1.15. The lowest BCUT2D eigenvalue weighted by Gasteiger charge is -2.01. The molecule has 1 aromatic rings. The summed E-state index contributed by atoms with van der Waals surface area (Å²) < 4.78 is 0.961. The number of Topliss-reactive ketones (excluding diaryl/α,β-unsaturated/α-hetero) is 1. The second kappa shape index (κ2) is 4.91. The van der Waals surface area contributed by atoms with E-state index in [0.717, 1.165) is 4.47 Å². The fraction of sp³-hybridized carbons (Fsp3) is 0.0833. The van der Waals surface area contributed by atoms with Gasteiger partial charge in [-0.3, -0.25) is 4.79 Å². The van der Waals surface area contributed by atoms with E-state index in [4.69, 9.17) is 0 Å². The van der Waals surface area contributed by atoms with Crippen molar-refractivity contribution in [3.8, 4) is 0 Å². The van der Waals surface area contributed by atoms with Crippen molar-refractivity contribution in [2.24, 2.45) is 0 Å². The summed E-state index contributed by atoms with van der Waals surface area (Å²) >= 11 is 3.31. The molecule has 14 heavy (non-hydrogen) atoms. The number of rotatable bonds is 4. The zero-order chi connectivity index (χ0) is 10.6. The quantitative estimate of drug-likeness (QED) is 0.452. The monoisotopic (exact) mass is 250 g/mol. The zero-order valence-electron chi connectivity index (χ0n) is 7.79. The zero-order valence-corrected chi connectivity index (χ0v) is 9.38. The normalized spacial score (nSPS) is 9.50. The largest absolute Gasteiger partial charge is 0.289 e. The van der Waals surface area contributed by atoms with Crippen LogP contribution in [0.25, 0.3) is 0 Å². The topological polar surface area (TPSA) is 17.1 Å². The van der Waals surface area contributed by atoms with Gasteiger partial charge in [0.1, 0.15) is 0 Å². The summed E-state index contributed by atoms with van der Waals surface area (Å²) in [4.78, 5) is 11.7. The summed E-state index contributed by atoms with van der Waals surface area (Å²) in [6.45, 7) is 7.28. The van der Waals surface area contributed by atoms with Crippen molar-refractivity contribution in [3.05, 3.63) is 59.1 Å². The van der Waals surface area contributed by atoms with Crippen molar-refractivity contribution in [1.29, 1.82) is 0 Å². The summed E-state index contributed by atoms with van der Waals surface area (Å²) in [6, 6.07) is 7.24. The van der Waals surface area contributed by atoms with Gasteiger partial charge in [0.2, 0.25) is 0 Å². The third-order valence-corrected chi connectivity index (χ3v) is 2.35. The molecular formula is C12H11BrO. The van der Waals surface area contributed by atoms with E-state index < -0.39 is 0 Å². The van der Waals surface area contributed by atoms with Crippen molar-refractivity contribution in [2.45, 2.75) is 6.42 Å².